The molecule has 0 atom stereocenters. The highest BCUT2D eigenvalue weighted by Crippen LogP contribution is 2.38. The molecule has 2 amide bonds. The van der Waals surface area contributed by atoms with Crippen molar-refractivity contribution >= 4 is 57.2 Å². The van der Waals surface area contributed by atoms with Crippen molar-refractivity contribution in [3.05, 3.63) is 44.2 Å². The third-order valence-electron chi connectivity index (χ3n) is 6.17. The van der Waals surface area contributed by atoms with E-state index in [9.17, 15) is 14.4 Å². The van der Waals surface area contributed by atoms with Crippen LogP contribution >= 0.6 is 34.4 Å². The molecule has 3 aromatic heterocycles. The third-order valence-corrected chi connectivity index (χ3v) is 9.21. The van der Waals surface area contributed by atoms with Crippen molar-refractivity contribution < 1.29 is 19.1 Å². The van der Waals surface area contributed by atoms with E-state index in [-0.39, 0.29) is 36.7 Å². The Labute approximate surface area is 234 Å². The Morgan fingerprint density at radius 1 is 1.16 bits per heavy atom. The summed E-state index contributed by atoms with van der Waals surface area (Å²) in [4.78, 5) is 39.9. The van der Waals surface area contributed by atoms with Crippen LogP contribution in [0.2, 0.25) is 0 Å². The Morgan fingerprint density at radius 2 is 2.00 bits per heavy atom. The van der Waals surface area contributed by atoms with Crippen molar-refractivity contribution in [1.82, 2.24) is 20.1 Å². The van der Waals surface area contributed by atoms with E-state index in [1.165, 1.54) is 39.3 Å². The van der Waals surface area contributed by atoms with Crippen LogP contribution in [0, 0.1) is 0 Å². The predicted octanol–water partition coefficient (Wildman–Crippen LogP) is 5.31. The van der Waals surface area contributed by atoms with Crippen LogP contribution in [0.15, 0.2) is 22.7 Å². The molecule has 12 heteroatoms. The summed E-state index contributed by atoms with van der Waals surface area (Å²) in [6.07, 6.45) is 6.92. The summed E-state index contributed by atoms with van der Waals surface area (Å²) in [5.74, 6) is 0.0394. The first-order chi connectivity index (χ1) is 18.5. The molecule has 4 rings (SSSR count). The van der Waals surface area contributed by atoms with E-state index in [0.29, 0.717) is 33.0 Å². The number of unbranched alkanes of at least 4 members (excludes halogenated alkanes) is 1. The summed E-state index contributed by atoms with van der Waals surface area (Å²) in [7, 11) is 0. The zero-order valence-electron chi connectivity index (χ0n) is 21.7. The van der Waals surface area contributed by atoms with Gasteiger partial charge in [0.15, 0.2) is 11.0 Å². The van der Waals surface area contributed by atoms with Crippen LogP contribution in [0.1, 0.15) is 82.2 Å². The van der Waals surface area contributed by atoms with E-state index < -0.39 is 0 Å². The number of hydrogen-bond donors (Lipinski definition) is 2. The number of nitrogens with one attached hydrogen (secondary N) is 2. The van der Waals surface area contributed by atoms with Crippen molar-refractivity contribution in [3.8, 4) is 0 Å². The summed E-state index contributed by atoms with van der Waals surface area (Å²) in [6, 6.07) is 3.62. The number of nitrogens with zero attached hydrogens (tertiary/aromatic N) is 3. The molecular weight excluding hydrogens is 543 g/mol. The molecule has 1 aliphatic rings. The number of carbonyl (C=O) groups excluding carboxylic acids is 3. The lowest BCUT2D eigenvalue weighted by atomic mass is 10.1. The van der Waals surface area contributed by atoms with E-state index in [0.717, 1.165) is 50.5 Å². The Morgan fingerprint density at radius 3 is 2.76 bits per heavy atom. The zero-order valence-corrected chi connectivity index (χ0v) is 24.2. The molecule has 1 aliphatic carbocycles. The van der Waals surface area contributed by atoms with E-state index in [1.807, 2.05) is 16.0 Å². The first-order valence-electron chi connectivity index (χ1n) is 13.0. The Hall–Kier alpha value is -2.70. The van der Waals surface area contributed by atoms with Gasteiger partial charge in [-0.25, -0.2) is 4.79 Å². The molecule has 204 valence electrons. The molecule has 2 N–H and O–H groups in total. The van der Waals surface area contributed by atoms with Crippen molar-refractivity contribution in [1.29, 1.82) is 0 Å². The Bertz CT molecular complexity index is 1250. The lowest BCUT2D eigenvalue weighted by molar-refractivity contribution is -0.113. The first kappa shape index (κ1) is 28.3. The van der Waals surface area contributed by atoms with Gasteiger partial charge < -0.3 is 19.9 Å². The highest BCUT2D eigenvalue weighted by atomic mass is 32.2. The number of amides is 2. The van der Waals surface area contributed by atoms with Gasteiger partial charge in [-0.3, -0.25) is 9.59 Å². The largest absolute Gasteiger partial charge is 0.462 e. The van der Waals surface area contributed by atoms with Gasteiger partial charge >= 0.3 is 5.97 Å². The van der Waals surface area contributed by atoms with E-state index in [4.69, 9.17) is 4.74 Å². The molecule has 0 unspecified atom stereocenters. The van der Waals surface area contributed by atoms with Crippen molar-refractivity contribution in [2.45, 2.75) is 77.0 Å². The van der Waals surface area contributed by atoms with Crippen LogP contribution in [0.4, 0.5) is 5.00 Å². The van der Waals surface area contributed by atoms with Crippen LogP contribution in [-0.2, 0) is 35.5 Å². The van der Waals surface area contributed by atoms with Gasteiger partial charge in [-0.15, -0.1) is 32.9 Å². The quantitative estimate of drug-likeness (QED) is 0.171. The number of rotatable bonds is 12. The standard InChI is InChI=1S/C26H33N5O4S3/c1-3-5-13-31-20(15-27-23(33)19-12-9-14-36-19)29-30-26(31)37-16-21(32)28-24-22(25(34)35-4-2)17-10-7-6-8-11-18(17)38-24/h9,12,14H,3-8,10-11,13,15-16H2,1-2H3,(H,27,33)(H,28,32). The van der Waals surface area contributed by atoms with Crippen molar-refractivity contribution in [2.24, 2.45) is 0 Å². The lowest BCUT2D eigenvalue weighted by Crippen LogP contribution is -2.24. The summed E-state index contributed by atoms with van der Waals surface area (Å²) in [5, 5.41) is 17.5. The third kappa shape index (κ3) is 7.03. The fourth-order valence-corrected chi connectivity index (χ4v) is 7.01. The zero-order chi connectivity index (χ0) is 26.9. The van der Waals surface area contributed by atoms with Crippen LogP contribution in [-0.4, -0.2) is 44.9 Å². The fourth-order valence-electron chi connectivity index (χ4n) is 4.29. The molecule has 3 heterocycles. The molecule has 0 saturated carbocycles. The summed E-state index contributed by atoms with van der Waals surface area (Å²) >= 11 is 4.17. The van der Waals surface area contributed by atoms with Crippen LogP contribution in [0.25, 0.3) is 0 Å². The van der Waals surface area contributed by atoms with Crippen LogP contribution in [0.3, 0.4) is 0 Å². The molecule has 9 nitrogen and oxygen atoms in total. The predicted molar refractivity (Wildman–Crippen MR) is 151 cm³/mol. The van der Waals surface area contributed by atoms with Gasteiger partial charge in [0.05, 0.1) is 29.3 Å². The minimum atomic E-state index is -0.372. The minimum Gasteiger partial charge on any atom is -0.462 e. The Kier molecular flexibility index (Phi) is 10.4. The lowest BCUT2D eigenvalue weighted by Gasteiger charge is -2.11. The molecule has 38 heavy (non-hydrogen) atoms. The van der Waals surface area contributed by atoms with Crippen LogP contribution in [0.5, 0.6) is 0 Å². The maximum absolute atomic E-state index is 13.0. The molecule has 0 aromatic carbocycles. The summed E-state index contributed by atoms with van der Waals surface area (Å²) in [6.45, 7) is 5.13. The smallest absolute Gasteiger partial charge is 0.341 e. The van der Waals surface area contributed by atoms with E-state index >= 15 is 0 Å². The van der Waals surface area contributed by atoms with Crippen molar-refractivity contribution in [2.75, 3.05) is 17.7 Å². The number of aromatic nitrogens is 3. The number of aryl methyl sites for hydroxylation is 1. The monoisotopic (exact) mass is 575 g/mol. The molecule has 0 aliphatic heterocycles. The number of carbonyl (C=O) groups is 3. The molecule has 0 spiro atoms. The molecule has 0 fully saturated rings. The maximum Gasteiger partial charge on any atom is 0.341 e. The second-order valence-electron chi connectivity index (χ2n) is 8.89. The van der Waals surface area contributed by atoms with Gasteiger partial charge in [-0.1, -0.05) is 37.6 Å². The molecule has 0 bridgehead atoms. The average molecular weight is 576 g/mol. The SMILES string of the molecule is CCCCn1c(CNC(=O)c2cccs2)nnc1SCC(=O)Nc1sc2c(c1C(=O)OCC)CCCCC2. The fraction of sp³-hybridized carbons (Fsp3) is 0.500. The van der Waals surface area contributed by atoms with Crippen LogP contribution < -0.4 is 10.6 Å². The number of thioether (sulfide) groups is 1. The maximum atomic E-state index is 13.0. The molecule has 3 aromatic rings. The van der Waals surface area contributed by atoms with Gasteiger partial charge in [-0.05, 0) is 56.0 Å². The topological polar surface area (TPSA) is 115 Å². The summed E-state index contributed by atoms with van der Waals surface area (Å²) in [5.41, 5.74) is 1.55. The van der Waals surface area contributed by atoms with Gasteiger partial charge in [-0.2, -0.15) is 0 Å². The number of anilines is 1. The van der Waals surface area contributed by atoms with E-state index in [2.05, 4.69) is 27.8 Å². The number of esters is 1. The van der Waals surface area contributed by atoms with Gasteiger partial charge in [0.25, 0.3) is 5.91 Å². The summed E-state index contributed by atoms with van der Waals surface area (Å²) < 4.78 is 7.29. The van der Waals surface area contributed by atoms with Crippen molar-refractivity contribution in [3.63, 3.8) is 0 Å². The van der Waals surface area contributed by atoms with Gasteiger partial charge in [0, 0.05) is 11.4 Å². The average Bonchev–Trinajstić information content (AvgIpc) is 3.61. The Balaban J connectivity index is 1.43. The number of ether oxygens (including phenoxy) is 1. The highest BCUT2D eigenvalue weighted by molar-refractivity contribution is 7.99. The normalized spacial score (nSPS) is 13.0. The van der Waals surface area contributed by atoms with Gasteiger partial charge in [0.1, 0.15) is 5.00 Å². The van der Waals surface area contributed by atoms with Gasteiger partial charge in [0.2, 0.25) is 5.91 Å². The minimum absolute atomic E-state index is 0.122. The second-order valence-corrected chi connectivity index (χ2v) is 11.9. The number of thiophene rings is 2. The molecular formula is C26H33N5O4S3. The van der Waals surface area contributed by atoms with E-state index in [1.54, 1.807) is 13.0 Å². The molecule has 0 radical (unpaired) electrons. The number of hydrogen-bond acceptors (Lipinski definition) is 9. The highest BCUT2D eigenvalue weighted by Gasteiger charge is 2.27. The number of fused-ring (bicyclic) bond motifs is 1. The molecule has 0 saturated heterocycles. The second kappa shape index (κ2) is 13.9. The first-order valence-corrected chi connectivity index (χ1v) is 15.7.